The second kappa shape index (κ2) is 7.27. The number of aliphatic carboxylic acids is 1. The molecule has 1 aliphatic rings. The molecule has 2 N–H and O–H groups in total. The molecule has 0 heterocycles. The molecule has 98 valence electrons. The Bertz CT molecular complexity index is 267. The Morgan fingerprint density at radius 2 is 2.06 bits per heavy atom. The van der Waals surface area contributed by atoms with E-state index in [-0.39, 0.29) is 17.7 Å². The third kappa shape index (κ3) is 4.73. The van der Waals surface area contributed by atoms with E-state index in [1.807, 2.05) is 6.92 Å². The molecule has 0 saturated heterocycles. The van der Waals surface area contributed by atoms with E-state index in [2.05, 4.69) is 5.32 Å². The highest BCUT2D eigenvalue weighted by Crippen LogP contribution is 2.30. The minimum Gasteiger partial charge on any atom is -0.481 e. The molecule has 5 nitrogen and oxygen atoms in total. The van der Waals surface area contributed by atoms with Crippen molar-refractivity contribution in [2.24, 2.45) is 11.8 Å². The summed E-state index contributed by atoms with van der Waals surface area (Å²) < 4.78 is 5.16. The van der Waals surface area contributed by atoms with Crippen LogP contribution < -0.4 is 5.32 Å². The van der Waals surface area contributed by atoms with E-state index in [0.717, 1.165) is 6.42 Å². The van der Waals surface area contributed by atoms with Gasteiger partial charge in [0.1, 0.15) is 0 Å². The number of hydrogen-bond donors (Lipinski definition) is 2. The fourth-order valence-electron chi connectivity index (χ4n) is 2.12. The predicted molar refractivity (Wildman–Crippen MR) is 62.6 cm³/mol. The van der Waals surface area contributed by atoms with Crippen LogP contribution in [0.3, 0.4) is 0 Å². The van der Waals surface area contributed by atoms with E-state index in [1.54, 1.807) is 0 Å². The largest absolute Gasteiger partial charge is 0.481 e. The first kappa shape index (κ1) is 14.0. The second-order valence-electron chi connectivity index (χ2n) is 4.39. The van der Waals surface area contributed by atoms with Gasteiger partial charge in [0.15, 0.2) is 0 Å². The van der Waals surface area contributed by atoms with Gasteiger partial charge in [0.2, 0.25) is 5.91 Å². The molecule has 1 saturated carbocycles. The zero-order chi connectivity index (χ0) is 12.7. The molecular formula is C12H21NO4. The van der Waals surface area contributed by atoms with Crippen molar-refractivity contribution in [3.63, 3.8) is 0 Å². The van der Waals surface area contributed by atoms with Gasteiger partial charge in [-0.1, -0.05) is 0 Å². The summed E-state index contributed by atoms with van der Waals surface area (Å²) in [6, 6.07) is 0. The van der Waals surface area contributed by atoms with Crippen LogP contribution in [0.5, 0.6) is 0 Å². The molecule has 0 aromatic heterocycles. The maximum absolute atomic E-state index is 11.7. The smallest absolute Gasteiger partial charge is 0.306 e. The molecule has 1 amide bonds. The number of amides is 1. The molecule has 0 aromatic carbocycles. The summed E-state index contributed by atoms with van der Waals surface area (Å²) >= 11 is 0. The number of carbonyl (C=O) groups excluding carboxylic acids is 1. The van der Waals surface area contributed by atoms with E-state index in [4.69, 9.17) is 9.84 Å². The van der Waals surface area contributed by atoms with Crippen LogP contribution in [0.2, 0.25) is 0 Å². The standard InChI is InChI=1S/C12H21NO4/c1-2-17-7-3-6-13-11(14)9-4-5-10(8-9)12(15)16/h9-10H,2-8H2,1H3,(H,13,14)(H,15,16)/t9-,10+/m1/s1. The first-order valence-electron chi connectivity index (χ1n) is 6.23. The van der Waals surface area contributed by atoms with Gasteiger partial charge in [-0.3, -0.25) is 9.59 Å². The number of rotatable bonds is 7. The lowest BCUT2D eigenvalue weighted by molar-refractivity contribution is -0.141. The highest BCUT2D eigenvalue weighted by molar-refractivity contribution is 5.80. The van der Waals surface area contributed by atoms with Crippen molar-refractivity contribution >= 4 is 11.9 Å². The van der Waals surface area contributed by atoms with Crippen LogP contribution in [-0.2, 0) is 14.3 Å². The monoisotopic (exact) mass is 243 g/mol. The van der Waals surface area contributed by atoms with Gasteiger partial charge in [0.05, 0.1) is 5.92 Å². The molecule has 0 unspecified atom stereocenters. The maximum atomic E-state index is 11.7. The minimum absolute atomic E-state index is 0.00903. The van der Waals surface area contributed by atoms with Gasteiger partial charge in [-0.15, -0.1) is 0 Å². The first-order chi connectivity index (χ1) is 8.15. The third-order valence-corrected chi connectivity index (χ3v) is 3.12. The molecule has 1 rings (SSSR count). The summed E-state index contributed by atoms with van der Waals surface area (Å²) in [5.41, 5.74) is 0. The predicted octanol–water partition coefficient (Wildman–Crippen LogP) is 1.03. The fraction of sp³-hybridized carbons (Fsp3) is 0.833. The minimum atomic E-state index is -0.781. The number of nitrogens with one attached hydrogen (secondary N) is 1. The zero-order valence-electron chi connectivity index (χ0n) is 10.3. The van der Waals surface area contributed by atoms with Crippen LogP contribution in [0, 0.1) is 11.8 Å². The van der Waals surface area contributed by atoms with E-state index in [9.17, 15) is 9.59 Å². The van der Waals surface area contributed by atoms with E-state index in [1.165, 1.54) is 0 Å². The lowest BCUT2D eigenvalue weighted by Gasteiger charge is -2.10. The van der Waals surface area contributed by atoms with Gasteiger partial charge in [-0.2, -0.15) is 0 Å². The molecule has 0 aliphatic heterocycles. The number of carbonyl (C=O) groups is 2. The summed E-state index contributed by atoms with van der Waals surface area (Å²) in [5, 5.41) is 11.7. The number of carboxylic acid groups (broad SMARTS) is 1. The molecule has 2 atom stereocenters. The lowest BCUT2D eigenvalue weighted by Crippen LogP contribution is -2.31. The average Bonchev–Trinajstić information content (AvgIpc) is 2.78. The summed E-state index contributed by atoms with van der Waals surface area (Å²) in [6.45, 7) is 3.88. The highest BCUT2D eigenvalue weighted by Gasteiger charge is 2.33. The summed E-state index contributed by atoms with van der Waals surface area (Å²) in [7, 11) is 0. The van der Waals surface area contributed by atoms with Crippen molar-refractivity contribution < 1.29 is 19.4 Å². The van der Waals surface area contributed by atoms with Crippen LogP contribution in [-0.4, -0.2) is 36.7 Å². The second-order valence-corrected chi connectivity index (χ2v) is 4.39. The van der Waals surface area contributed by atoms with Gasteiger partial charge in [-0.05, 0) is 32.6 Å². The quantitative estimate of drug-likeness (QED) is 0.655. The average molecular weight is 243 g/mol. The number of hydrogen-bond acceptors (Lipinski definition) is 3. The summed E-state index contributed by atoms with van der Waals surface area (Å²) in [6.07, 6.45) is 2.59. The molecule has 17 heavy (non-hydrogen) atoms. The maximum Gasteiger partial charge on any atom is 0.306 e. The van der Waals surface area contributed by atoms with Gasteiger partial charge < -0.3 is 15.2 Å². The van der Waals surface area contributed by atoms with Gasteiger partial charge >= 0.3 is 5.97 Å². The molecule has 0 spiro atoms. The Morgan fingerprint density at radius 3 is 2.65 bits per heavy atom. The van der Waals surface area contributed by atoms with Gasteiger partial charge in [0.25, 0.3) is 0 Å². The molecule has 0 bridgehead atoms. The zero-order valence-corrected chi connectivity index (χ0v) is 10.3. The van der Waals surface area contributed by atoms with Crippen LogP contribution in [0.4, 0.5) is 0 Å². The van der Waals surface area contributed by atoms with Crippen molar-refractivity contribution in [1.29, 1.82) is 0 Å². The Morgan fingerprint density at radius 1 is 1.35 bits per heavy atom. The van der Waals surface area contributed by atoms with Crippen LogP contribution >= 0.6 is 0 Å². The fourth-order valence-corrected chi connectivity index (χ4v) is 2.12. The van der Waals surface area contributed by atoms with Crippen LogP contribution in [0.15, 0.2) is 0 Å². The van der Waals surface area contributed by atoms with Crippen molar-refractivity contribution in [2.75, 3.05) is 19.8 Å². The lowest BCUT2D eigenvalue weighted by atomic mass is 10.0. The summed E-state index contributed by atoms with van der Waals surface area (Å²) in [4.78, 5) is 22.5. The van der Waals surface area contributed by atoms with Crippen molar-refractivity contribution in [1.82, 2.24) is 5.32 Å². The molecule has 0 aromatic rings. The van der Waals surface area contributed by atoms with E-state index >= 15 is 0 Å². The third-order valence-electron chi connectivity index (χ3n) is 3.12. The Kier molecular flexibility index (Phi) is 5.97. The van der Waals surface area contributed by atoms with Crippen LogP contribution in [0.25, 0.3) is 0 Å². The van der Waals surface area contributed by atoms with Crippen LogP contribution in [0.1, 0.15) is 32.6 Å². The van der Waals surface area contributed by atoms with Gasteiger partial charge in [-0.25, -0.2) is 0 Å². The molecular weight excluding hydrogens is 222 g/mol. The Balaban J connectivity index is 2.14. The highest BCUT2D eigenvalue weighted by atomic mass is 16.5. The summed E-state index contributed by atoms with van der Waals surface area (Å²) in [5.74, 6) is -1.25. The van der Waals surface area contributed by atoms with Crippen molar-refractivity contribution in [3.05, 3.63) is 0 Å². The van der Waals surface area contributed by atoms with Gasteiger partial charge in [0, 0.05) is 25.7 Å². The normalized spacial score (nSPS) is 23.6. The van der Waals surface area contributed by atoms with E-state index in [0.29, 0.717) is 39.0 Å². The molecule has 5 heteroatoms. The molecule has 1 fully saturated rings. The number of ether oxygens (including phenoxy) is 1. The topological polar surface area (TPSA) is 75.6 Å². The van der Waals surface area contributed by atoms with Crippen molar-refractivity contribution in [2.45, 2.75) is 32.6 Å². The van der Waals surface area contributed by atoms with E-state index < -0.39 is 5.97 Å². The Hall–Kier alpha value is -1.10. The van der Waals surface area contributed by atoms with Crippen molar-refractivity contribution in [3.8, 4) is 0 Å². The first-order valence-corrected chi connectivity index (χ1v) is 6.23. The molecule has 0 radical (unpaired) electrons. The SMILES string of the molecule is CCOCCCNC(=O)[C@@H]1CC[C@H](C(=O)O)C1. The number of carboxylic acids is 1. The molecule has 1 aliphatic carbocycles. The Labute approximate surface area is 102 Å².